The number of piperidine rings is 1. The SMILES string of the molecule is O=C(NC1CCCCC1)c1ccccc1NC(=O)C1CCN(Cc2nc(-c3cccs3)no2)CC1. The number of nitrogens with one attached hydrogen (secondary N) is 2. The Morgan fingerprint density at radius 1 is 1.03 bits per heavy atom. The van der Waals surface area contributed by atoms with E-state index >= 15 is 0 Å². The average molecular weight is 494 g/mol. The molecule has 9 heteroatoms. The first-order chi connectivity index (χ1) is 17.2. The third-order valence-corrected chi connectivity index (χ3v) is 7.76. The Balaban J connectivity index is 1.13. The fourth-order valence-corrected chi connectivity index (χ4v) is 5.55. The number of anilines is 1. The Labute approximate surface area is 209 Å². The van der Waals surface area contributed by atoms with Crippen molar-refractivity contribution in [2.75, 3.05) is 18.4 Å². The van der Waals surface area contributed by atoms with E-state index in [-0.39, 0.29) is 23.8 Å². The van der Waals surface area contributed by atoms with E-state index in [1.54, 1.807) is 17.4 Å². The molecule has 3 heterocycles. The molecule has 2 fully saturated rings. The summed E-state index contributed by atoms with van der Waals surface area (Å²) < 4.78 is 5.42. The Bertz CT molecular complexity index is 1130. The van der Waals surface area contributed by atoms with E-state index in [1.807, 2.05) is 35.7 Å². The van der Waals surface area contributed by atoms with E-state index in [0.717, 1.165) is 56.5 Å². The highest BCUT2D eigenvalue weighted by Gasteiger charge is 2.27. The fourth-order valence-electron chi connectivity index (χ4n) is 4.90. The second-order valence-corrected chi connectivity index (χ2v) is 10.3. The molecule has 2 aromatic heterocycles. The number of carbonyl (C=O) groups is 2. The van der Waals surface area contributed by atoms with E-state index in [1.165, 1.54) is 6.42 Å². The molecule has 1 aliphatic carbocycles. The molecule has 1 aliphatic heterocycles. The van der Waals surface area contributed by atoms with Gasteiger partial charge in [-0.1, -0.05) is 42.6 Å². The van der Waals surface area contributed by atoms with Crippen LogP contribution in [0.15, 0.2) is 46.3 Å². The zero-order chi connectivity index (χ0) is 24.0. The van der Waals surface area contributed by atoms with Gasteiger partial charge in [-0.25, -0.2) is 0 Å². The van der Waals surface area contributed by atoms with Crippen LogP contribution in [-0.4, -0.2) is 46.0 Å². The highest BCUT2D eigenvalue weighted by Crippen LogP contribution is 2.25. The Morgan fingerprint density at radius 3 is 2.60 bits per heavy atom. The summed E-state index contributed by atoms with van der Waals surface area (Å²) in [6.45, 7) is 2.13. The first-order valence-electron chi connectivity index (χ1n) is 12.5. The van der Waals surface area contributed by atoms with Gasteiger partial charge in [0, 0.05) is 12.0 Å². The topological polar surface area (TPSA) is 100 Å². The lowest BCUT2D eigenvalue weighted by atomic mass is 9.95. The monoisotopic (exact) mass is 493 g/mol. The molecule has 0 spiro atoms. The highest BCUT2D eigenvalue weighted by molar-refractivity contribution is 7.13. The van der Waals surface area contributed by atoms with Gasteiger partial charge < -0.3 is 15.2 Å². The second kappa shape index (κ2) is 11.1. The van der Waals surface area contributed by atoms with E-state index in [0.29, 0.717) is 29.5 Å². The number of benzene rings is 1. The fraction of sp³-hybridized carbons (Fsp3) is 0.462. The van der Waals surface area contributed by atoms with Crippen molar-refractivity contribution in [2.45, 2.75) is 57.5 Å². The van der Waals surface area contributed by atoms with E-state index in [9.17, 15) is 9.59 Å². The Hall–Kier alpha value is -3.04. The van der Waals surface area contributed by atoms with Crippen LogP contribution in [-0.2, 0) is 11.3 Å². The molecule has 0 atom stereocenters. The van der Waals surface area contributed by atoms with Crippen LogP contribution in [0.3, 0.4) is 0 Å². The predicted octanol–water partition coefficient (Wildman–Crippen LogP) is 4.71. The third-order valence-electron chi connectivity index (χ3n) is 6.90. The molecule has 0 radical (unpaired) electrons. The van der Waals surface area contributed by atoms with Gasteiger partial charge in [0.2, 0.25) is 17.6 Å². The van der Waals surface area contributed by atoms with Crippen LogP contribution in [0, 0.1) is 5.92 Å². The Morgan fingerprint density at radius 2 is 1.83 bits per heavy atom. The number of rotatable bonds is 7. The second-order valence-electron chi connectivity index (χ2n) is 9.38. The maximum Gasteiger partial charge on any atom is 0.253 e. The molecular formula is C26H31N5O3S. The number of aromatic nitrogens is 2. The number of nitrogens with zero attached hydrogens (tertiary/aromatic N) is 3. The summed E-state index contributed by atoms with van der Waals surface area (Å²) in [5, 5.41) is 12.2. The third kappa shape index (κ3) is 5.97. The summed E-state index contributed by atoms with van der Waals surface area (Å²) in [4.78, 5) is 33.7. The van der Waals surface area contributed by atoms with E-state index < -0.39 is 0 Å². The molecule has 5 rings (SSSR count). The van der Waals surface area contributed by atoms with Gasteiger partial charge in [-0.3, -0.25) is 14.5 Å². The van der Waals surface area contributed by atoms with Gasteiger partial charge in [0.1, 0.15) is 0 Å². The molecule has 0 bridgehead atoms. The maximum absolute atomic E-state index is 13.0. The molecule has 1 aromatic carbocycles. The minimum absolute atomic E-state index is 0.0275. The van der Waals surface area contributed by atoms with Gasteiger partial charge in [0.15, 0.2) is 0 Å². The average Bonchev–Trinajstić information content (AvgIpc) is 3.58. The first-order valence-corrected chi connectivity index (χ1v) is 13.3. The number of thiophene rings is 1. The van der Waals surface area contributed by atoms with Crippen LogP contribution in [0.1, 0.15) is 61.2 Å². The van der Waals surface area contributed by atoms with Crippen LogP contribution in [0.25, 0.3) is 10.7 Å². The van der Waals surface area contributed by atoms with Crippen molar-refractivity contribution in [1.29, 1.82) is 0 Å². The molecule has 1 saturated heterocycles. The maximum atomic E-state index is 13.0. The largest absolute Gasteiger partial charge is 0.349 e. The number of amides is 2. The minimum atomic E-state index is -0.107. The molecule has 2 N–H and O–H groups in total. The van der Waals surface area contributed by atoms with Crippen molar-refractivity contribution in [3.63, 3.8) is 0 Å². The molecule has 2 amide bonds. The smallest absolute Gasteiger partial charge is 0.253 e. The minimum Gasteiger partial charge on any atom is -0.349 e. The van der Waals surface area contributed by atoms with Gasteiger partial charge in [-0.05, 0) is 62.4 Å². The van der Waals surface area contributed by atoms with Crippen LogP contribution >= 0.6 is 11.3 Å². The summed E-state index contributed by atoms with van der Waals surface area (Å²) in [6, 6.07) is 11.4. The van der Waals surface area contributed by atoms with Crippen LogP contribution < -0.4 is 10.6 Å². The number of para-hydroxylation sites is 1. The summed E-state index contributed by atoms with van der Waals surface area (Å²) in [7, 11) is 0. The first kappa shape index (κ1) is 23.7. The van der Waals surface area contributed by atoms with Crippen molar-refractivity contribution in [3.8, 4) is 10.7 Å². The van der Waals surface area contributed by atoms with E-state index in [2.05, 4.69) is 25.7 Å². The number of carbonyl (C=O) groups excluding carboxylic acids is 2. The molecule has 184 valence electrons. The van der Waals surface area contributed by atoms with Crippen molar-refractivity contribution in [3.05, 3.63) is 53.2 Å². The normalized spacial score (nSPS) is 17.8. The summed E-state index contributed by atoms with van der Waals surface area (Å²) in [6.07, 6.45) is 7.09. The van der Waals surface area contributed by atoms with Crippen molar-refractivity contribution < 1.29 is 14.1 Å². The van der Waals surface area contributed by atoms with E-state index in [4.69, 9.17) is 4.52 Å². The standard InChI is InChI=1S/C26H31N5O3S/c32-25(28-21-10-5-4-9-20(21)26(33)27-19-7-2-1-3-8-19)18-12-14-31(15-13-18)17-23-29-24(30-34-23)22-11-6-16-35-22/h4-6,9-11,16,18-19H,1-3,7-8,12-15,17H2,(H,27,33)(H,28,32). The zero-order valence-electron chi connectivity index (χ0n) is 19.7. The number of likely N-dealkylation sites (tertiary alicyclic amines) is 1. The predicted molar refractivity (Wildman–Crippen MR) is 135 cm³/mol. The van der Waals surface area contributed by atoms with Gasteiger partial charge in [0.25, 0.3) is 5.91 Å². The van der Waals surface area contributed by atoms with Crippen LogP contribution in [0.2, 0.25) is 0 Å². The lowest BCUT2D eigenvalue weighted by Gasteiger charge is -2.30. The molecule has 0 unspecified atom stereocenters. The van der Waals surface area contributed by atoms with Crippen molar-refractivity contribution in [2.24, 2.45) is 5.92 Å². The number of hydrogen-bond acceptors (Lipinski definition) is 7. The molecule has 2 aliphatic rings. The highest BCUT2D eigenvalue weighted by atomic mass is 32.1. The van der Waals surface area contributed by atoms with Gasteiger partial charge in [-0.15, -0.1) is 11.3 Å². The summed E-state index contributed by atoms with van der Waals surface area (Å²) in [5.74, 6) is 0.985. The molecule has 35 heavy (non-hydrogen) atoms. The van der Waals surface area contributed by atoms with Crippen LogP contribution in [0.5, 0.6) is 0 Å². The quantitative estimate of drug-likeness (QED) is 0.494. The lowest BCUT2D eigenvalue weighted by Crippen LogP contribution is -2.38. The van der Waals surface area contributed by atoms with Gasteiger partial charge in [0.05, 0.1) is 22.7 Å². The molecular weight excluding hydrogens is 462 g/mol. The summed E-state index contributed by atoms with van der Waals surface area (Å²) in [5.41, 5.74) is 1.11. The van der Waals surface area contributed by atoms with Gasteiger partial charge >= 0.3 is 0 Å². The molecule has 3 aromatic rings. The zero-order valence-corrected chi connectivity index (χ0v) is 20.6. The molecule has 1 saturated carbocycles. The Kier molecular flexibility index (Phi) is 7.54. The lowest BCUT2D eigenvalue weighted by molar-refractivity contribution is -0.121. The molecule has 8 nitrogen and oxygen atoms in total. The van der Waals surface area contributed by atoms with Crippen molar-refractivity contribution >= 4 is 28.8 Å². The summed E-state index contributed by atoms with van der Waals surface area (Å²) >= 11 is 1.58. The van der Waals surface area contributed by atoms with Gasteiger partial charge in [-0.2, -0.15) is 4.98 Å². The van der Waals surface area contributed by atoms with Crippen molar-refractivity contribution in [1.82, 2.24) is 20.4 Å². The van der Waals surface area contributed by atoms with Crippen LogP contribution in [0.4, 0.5) is 5.69 Å². The number of hydrogen-bond donors (Lipinski definition) is 2.